The van der Waals surface area contributed by atoms with Crippen molar-refractivity contribution in [3.8, 4) is 0 Å². The molecule has 1 amide bonds. The van der Waals surface area contributed by atoms with Gasteiger partial charge in [-0.1, -0.05) is 18.2 Å². The topological polar surface area (TPSA) is 57.8 Å². The number of hydrogen-bond donors (Lipinski definition) is 2. The van der Waals surface area contributed by atoms with Gasteiger partial charge >= 0.3 is 0 Å². The molecule has 3 rings (SSSR count). The standard InChI is InChI=1S/C16H13F2N3O/c1-9(10-5-6-13(17)14(18)7-10)20-16(22)12-4-2-3-11-8-19-21-15(11)12/h2-9H,1H3,(H,19,21)(H,20,22). The Balaban J connectivity index is 1.84. The van der Waals surface area contributed by atoms with Gasteiger partial charge in [-0.15, -0.1) is 0 Å². The molecule has 1 unspecified atom stereocenters. The van der Waals surface area contributed by atoms with Crippen LogP contribution < -0.4 is 5.32 Å². The van der Waals surface area contributed by atoms with E-state index in [4.69, 9.17) is 0 Å². The number of aromatic amines is 1. The Labute approximate surface area is 125 Å². The molecule has 0 radical (unpaired) electrons. The molecule has 0 saturated heterocycles. The first kappa shape index (κ1) is 14.2. The fourth-order valence-corrected chi connectivity index (χ4v) is 2.30. The maximum absolute atomic E-state index is 13.3. The van der Waals surface area contributed by atoms with Gasteiger partial charge in [0.05, 0.1) is 23.3 Å². The third-order valence-electron chi connectivity index (χ3n) is 3.51. The molecule has 0 fully saturated rings. The van der Waals surface area contributed by atoms with E-state index in [1.165, 1.54) is 6.07 Å². The summed E-state index contributed by atoms with van der Waals surface area (Å²) in [4.78, 5) is 12.4. The van der Waals surface area contributed by atoms with E-state index in [-0.39, 0.29) is 5.91 Å². The lowest BCUT2D eigenvalue weighted by atomic mass is 10.1. The summed E-state index contributed by atoms with van der Waals surface area (Å²) >= 11 is 0. The van der Waals surface area contributed by atoms with Crippen LogP contribution in [0.2, 0.25) is 0 Å². The quantitative estimate of drug-likeness (QED) is 0.779. The van der Waals surface area contributed by atoms with Crippen molar-refractivity contribution in [2.45, 2.75) is 13.0 Å². The third kappa shape index (κ3) is 2.55. The molecule has 1 aromatic heterocycles. The van der Waals surface area contributed by atoms with Crippen LogP contribution in [0, 0.1) is 11.6 Å². The number of amides is 1. The van der Waals surface area contributed by atoms with Crippen molar-refractivity contribution < 1.29 is 13.6 Å². The van der Waals surface area contributed by atoms with Crippen molar-refractivity contribution in [2.24, 2.45) is 0 Å². The lowest BCUT2D eigenvalue weighted by Crippen LogP contribution is -2.27. The molecule has 0 saturated carbocycles. The van der Waals surface area contributed by atoms with Gasteiger partial charge in [0.1, 0.15) is 0 Å². The van der Waals surface area contributed by atoms with Gasteiger partial charge in [0.15, 0.2) is 11.6 Å². The molecule has 0 spiro atoms. The SMILES string of the molecule is CC(NC(=O)c1cccc2cn[nH]c12)c1ccc(F)c(F)c1. The van der Waals surface area contributed by atoms with E-state index in [1.807, 2.05) is 6.07 Å². The Morgan fingerprint density at radius 3 is 2.82 bits per heavy atom. The van der Waals surface area contributed by atoms with Crippen molar-refractivity contribution in [1.29, 1.82) is 0 Å². The summed E-state index contributed by atoms with van der Waals surface area (Å²) in [6.45, 7) is 1.71. The highest BCUT2D eigenvalue weighted by atomic mass is 19.2. The summed E-state index contributed by atoms with van der Waals surface area (Å²) in [5, 5.41) is 10.3. The number of para-hydroxylation sites is 1. The largest absolute Gasteiger partial charge is 0.345 e. The predicted octanol–water partition coefficient (Wildman–Crippen LogP) is 3.33. The summed E-state index contributed by atoms with van der Waals surface area (Å²) in [6.07, 6.45) is 1.63. The van der Waals surface area contributed by atoms with Crippen LogP contribution in [0.25, 0.3) is 10.9 Å². The van der Waals surface area contributed by atoms with Gasteiger partial charge in [-0.2, -0.15) is 5.10 Å². The monoisotopic (exact) mass is 301 g/mol. The second kappa shape index (κ2) is 5.55. The molecule has 0 aliphatic carbocycles. The Kier molecular flexibility index (Phi) is 3.58. The molecule has 0 aliphatic rings. The number of fused-ring (bicyclic) bond motifs is 1. The fraction of sp³-hybridized carbons (Fsp3) is 0.125. The van der Waals surface area contributed by atoms with Crippen LogP contribution >= 0.6 is 0 Å². The number of nitrogens with one attached hydrogen (secondary N) is 2. The lowest BCUT2D eigenvalue weighted by Gasteiger charge is -2.15. The van der Waals surface area contributed by atoms with E-state index in [9.17, 15) is 13.6 Å². The molecule has 22 heavy (non-hydrogen) atoms. The van der Waals surface area contributed by atoms with Crippen molar-refractivity contribution in [1.82, 2.24) is 15.5 Å². The van der Waals surface area contributed by atoms with E-state index in [2.05, 4.69) is 15.5 Å². The number of H-pyrrole nitrogens is 1. The first-order chi connectivity index (χ1) is 10.6. The van der Waals surface area contributed by atoms with Crippen molar-refractivity contribution >= 4 is 16.8 Å². The summed E-state index contributed by atoms with van der Waals surface area (Å²) in [5.74, 6) is -2.16. The van der Waals surface area contributed by atoms with Gasteiger partial charge in [-0.05, 0) is 30.7 Å². The number of halogens is 2. The molecule has 4 nitrogen and oxygen atoms in total. The molecule has 3 aromatic rings. The van der Waals surface area contributed by atoms with Gasteiger partial charge in [-0.25, -0.2) is 8.78 Å². The Morgan fingerprint density at radius 1 is 1.23 bits per heavy atom. The van der Waals surface area contributed by atoms with E-state index in [0.717, 1.165) is 17.5 Å². The molecule has 0 bridgehead atoms. The Bertz CT molecular complexity index is 844. The minimum Gasteiger partial charge on any atom is -0.345 e. The summed E-state index contributed by atoms with van der Waals surface area (Å²) in [7, 11) is 0. The van der Waals surface area contributed by atoms with Crippen LogP contribution in [0.15, 0.2) is 42.6 Å². The number of rotatable bonds is 3. The van der Waals surface area contributed by atoms with Crippen molar-refractivity contribution in [3.63, 3.8) is 0 Å². The number of nitrogens with zero attached hydrogens (tertiary/aromatic N) is 1. The highest BCUT2D eigenvalue weighted by Crippen LogP contribution is 2.19. The van der Waals surface area contributed by atoms with Gasteiger partial charge < -0.3 is 5.32 Å². The maximum Gasteiger partial charge on any atom is 0.253 e. The van der Waals surface area contributed by atoms with Crippen LogP contribution in [0.5, 0.6) is 0 Å². The zero-order valence-corrected chi connectivity index (χ0v) is 11.7. The summed E-state index contributed by atoms with van der Waals surface area (Å²) < 4.78 is 26.2. The molecule has 112 valence electrons. The van der Waals surface area contributed by atoms with Crippen LogP contribution in [-0.4, -0.2) is 16.1 Å². The maximum atomic E-state index is 13.3. The number of benzene rings is 2. The molecular formula is C16H13F2N3O. The normalized spacial score (nSPS) is 12.3. The number of hydrogen-bond acceptors (Lipinski definition) is 2. The van der Waals surface area contributed by atoms with E-state index in [0.29, 0.717) is 16.6 Å². The summed E-state index contributed by atoms with van der Waals surface area (Å²) in [5.41, 5.74) is 1.57. The molecule has 2 N–H and O–H groups in total. The number of carbonyl (C=O) groups excluding carboxylic acids is 1. The van der Waals surface area contributed by atoms with Crippen LogP contribution in [0.3, 0.4) is 0 Å². The van der Waals surface area contributed by atoms with Gasteiger partial charge in [0.25, 0.3) is 5.91 Å². The second-order valence-corrected chi connectivity index (χ2v) is 5.01. The fourth-order valence-electron chi connectivity index (χ4n) is 2.30. The highest BCUT2D eigenvalue weighted by Gasteiger charge is 2.16. The lowest BCUT2D eigenvalue weighted by molar-refractivity contribution is 0.0941. The molecule has 1 atom stereocenters. The van der Waals surface area contributed by atoms with Gasteiger partial charge in [-0.3, -0.25) is 9.89 Å². The third-order valence-corrected chi connectivity index (χ3v) is 3.51. The zero-order chi connectivity index (χ0) is 15.7. The first-order valence-electron chi connectivity index (χ1n) is 6.74. The smallest absolute Gasteiger partial charge is 0.253 e. The molecule has 1 heterocycles. The van der Waals surface area contributed by atoms with Crippen LogP contribution in [-0.2, 0) is 0 Å². The van der Waals surface area contributed by atoms with E-state index < -0.39 is 17.7 Å². The minimum atomic E-state index is -0.936. The molecule has 2 aromatic carbocycles. The average molecular weight is 301 g/mol. The van der Waals surface area contributed by atoms with Crippen LogP contribution in [0.1, 0.15) is 28.9 Å². The van der Waals surface area contributed by atoms with Crippen LogP contribution in [0.4, 0.5) is 8.78 Å². The first-order valence-corrected chi connectivity index (χ1v) is 6.74. The van der Waals surface area contributed by atoms with Crippen molar-refractivity contribution in [3.05, 3.63) is 65.4 Å². The number of aromatic nitrogens is 2. The van der Waals surface area contributed by atoms with Crippen molar-refractivity contribution in [2.75, 3.05) is 0 Å². The molecule has 0 aliphatic heterocycles. The molecule has 6 heteroatoms. The summed E-state index contributed by atoms with van der Waals surface area (Å²) in [6, 6.07) is 8.39. The molecular weight excluding hydrogens is 288 g/mol. The zero-order valence-electron chi connectivity index (χ0n) is 11.7. The number of carbonyl (C=O) groups is 1. The van der Waals surface area contributed by atoms with Gasteiger partial charge in [0, 0.05) is 5.39 Å². The second-order valence-electron chi connectivity index (χ2n) is 5.01. The average Bonchev–Trinajstić information content (AvgIpc) is 2.98. The van der Waals surface area contributed by atoms with E-state index in [1.54, 1.807) is 25.3 Å². The highest BCUT2D eigenvalue weighted by molar-refractivity contribution is 6.05. The Morgan fingerprint density at radius 2 is 2.05 bits per heavy atom. The Hall–Kier alpha value is -2.76. The van der Waals surface area contributed by atoms with Gasteiger partial charge in [0.2, 0.25) is 0 Å². The minimum absolute atomic E-state index is 0.313. The van der Waals surface area contributed by atoms with E-state index >= 15 is 0 Å². The predicted molar refractivity (Wildman–Crippen MR) is 78.3 cm³/mol.